The Bertz CT molecular complexity index is 460. The number of hydrogen-bond acceptors (Lipinski definition) is 4. The van der Waals surface area contributed by atoms with Crippen LogP contribution in [0.15, 0.2) is 16.9 Å². The van der Waals surface area contributed by atoms with Crippen LogP contribution in [0, 0.1) is 0 Å². The van der Waals surface area contributed by atoms with Crippen LogP contribution in [0.2, 0.25) is 0 Å². The van der Waals surface area contributed by atoms with E-state index in [1.165, 1.54) is 31.4 Å². The molecule has 1 aromatic heterocycles. The van der Waals surface area contributed by atoms with E-state index in [0.29, 0.717) is 19.3 Å². The Morgan fingerprint density at radius 1 is 1.35 bits per heavy atom. The minimum Gasteiger partial charge on any atom is -0.378 e. The van der Waals surface area contributed by atoms with Gasteiger partial charge in [-0.1, -0.05) is 19.3 Å². The zero-order valence-corrected chi connectivity index (χ0v) is 11.6. The molecule has 1 aromatic rings. The minimum atomic E-state index is -0.317. The zero-order valence-electron chi connectivity index (χ0n) is 11.6. The summed E-state index contributed by atoms with van der Waals surface area (Å²) >= 11 is 0. The zero-order chi connectivity index (χ0) is 14.2. The normalized spacial score (nSPS) is 16.0. The summed E-state index contributed by atoms with van der Waals surface area (Å²) in [4.78, 5) is 22.5. The van der Waals surface area contributed by atoms with Crippen LogP contribution in [0.4, 0.5) is 0 Å². The third-order valence-electron chi connectivity index (χ3n) is 3.42. The number of nitrogens with one attached hydrogen (secondary N) is 2. The maximum Gasteiger partial charge on any atom is 0.271 e. The standard InChI is InChI=1S/C14H21N3O3/c18-13-8-7-12(16-17-13)14(19)15-9-4-10-20-11-5-2-1-3-6-11/h7-8,11H,1-6,9-10H2,(H,15,19)(H,17,18). The summed E-state index contributed by atoms with van der Waals surface area (Å²) < 4.78 is 5.77. The molecule has 1 heterocycles. The smallest absolute Gasteiger partial charge is 0.271 e. The predicted octanol–water partition coefficient (Wildman–Crippen LogP) is 1.24. The van der Waals surface area contributed by atoms with Crippen molar-refractivity contribution in [3.05, 3.63) is 28.2 Å². The molecule has 2 rings (SSSR count). The number of rotatable bonds is 6. The lowest BCUT2D eigenvalue weighted by Crippen LogP contribution is -2.28. The van der Waals surface area contributed by atoms with Crippen LogP contribution < -0.4 is 10.9 Å². The Labute approximate surface area is 117 Å². The number of H-pyrrole nitrogens is 1. The van der Waals surface area contributed by atoms with E-state index < -0.39 is 0 Å². The second-order valence-corrected chi connectivity index (χ2v) is 5.05. The predicted molar refractivity (Wildman–Crippen MR) is 74.6 cm³/mol. The van der Waals surface area contributed by atoms with Crippen LogP contribution in [-0.2, 0) is 4.74 Å². The van der Waals surface area contributed by atoms with Crippen LogP contribution in [0.3, 0.4) is 0 Å². The molecule has 1 amide bonds. The maximum atomic E-state index is 11.7. The average molecular weight is 279 g/mol. The topological polar surface area (TPSA) is 84.1 Å². The third-order valence-corrected chi connectivity index (χ3v) is 3.42. The Balaban J connectivity index is 1.59. The van der Waals surface area contributed by atoms with Gasteiger partial charge in [-0.25, -0.2) is 5.10 Å². The number of ether oxygens (including phenoxy) is 1. The van der Waals surface area contributed by atoms with E-state index >= 15 is 0 Å². The third kappa shape index (κ3) is 4.77. The van der Waals surface area contributed by atoms with E-state index in [1.54, 1.807) is 0 Å². The number of aromatic nitrogens is 2. The van der Waals surface area contributed by atoms with Gasteiger partial charge in [-0.3, -0.25) is 9.59 Å². The van der Waals surface area contributed by atoms with Crippen LogP contribution >= 0.6 is 0 Å². The van der Waals surface area contributed by atoms with Gasteiger partial charge < -0.3 is 10.1 Å². The molecule has 6 heteroatoms. The summed E-state index contributed by atoms with van der Waals surface area (Å²) in [5.41, 5.74) is -0.0970. The number of carbonyl (C=O) groups excluding carboxylic acids is 1. The summed E-state index contributed by atoms with van der Waals surface area (Å²) in [5.74, 6) is -0.279. The highest BCUT2D eigenvalue weighted by Gasteiger charge is 2.13. The lowest BCUT2D eigenvalue weighted by Gasteiger charge is -2.21. The Hall–Kier alpha value is -1.69. The summed E-state index contributed by atoms with van der Waals surface area (Å²) in [6.07, 6.45) is 7.36. The Morgan fingerprint density at radius 2 is 2.15 bits per heavy atom. The molecule has 1 aliphatic carbocycles. The quantitative estimate of drug-likeness (QED) is 0.767. The highest BCUT2D eigenvalue weighted by molar-refractivity contribution is 5.91. The molecule has 1 fully saturated rings. The van der Waals surface area contributed by atoms with Crippen molar-refractivity contribution in [3.8, 4) is 0 Å². The van der Waals surface area contributed by atoms with Gasteiger partial charge in [0.05, 0.1) is 6.10 Å². The Kier molecular flexibility index (Phi) is 5.73. The van der Waals surface area contributed by atoms with Crippen LogP contribution in [0.1, 0.15) is 49.0 Å². The van der Waals surface area contributed by atoms with Gasteiger partial charge in [0.15, 0.2) is 0 Å². The number of nitrogens with zero attached hydrogens (tertiary/aromatic N) is 1. The molecule has 0 saturated heterocycles. The molecule has 1 aliphatic rings. The van der Waals surface area contributed by atoms with Crippen molar-refractivity contribution in [1.29, 1.82) is 0 Å². The van der Waals surface area contributed by atoms with Crippen molar-refractivity contribution in [2.45, 2.75) is 44.6 Å². The largest absolute Gasteiger partial charge is 0.378 e. The first-order chi connectivity index (χ1) is 9.75. The van der Waals surface area contributed by atoms with Gasteiger partial charge in [0.1, 0.15) is 5.69 Å². The van der Waals surface area contributed by atoms with Gasteiger partial charge in [0, 0.05) is 19.2 Å². The summed E-state index contributed by atoms with van der Waals surface area (Å²) in [7, 11) is 0. The van der Waals surface area contributed by atoms with Crippen molar-refractivity contribution >= 4 is 5.91 Å². The fourth-order valence-corrected chi connectivity index (χ4v) is 2.32. The first-order valence-electron chi connectivity index (χ1n) is 7.21. The van der Waals surface area contributed by atoms with Crippen molar-refractivity contribution in [3.63, 3.8) is 0 Å². The molecule has 0 aromatic carbocycles. The van der Waals surface area contributed by atoms with Gasteiger partial charge in [0.25, 0.3) is 11.5 Å². The van der Waals surface area contributed by atoms with Gasteiger partial charge in [-0.05, 0) is 25.3 Å². The molecule has 6 nitrogen and oxygen atoms in total. The fraction of sp³-hybridized carbons (Fsp3) is 0.643. The van der Waals surface area contributed by atoms with Gasteiger partial charge in [0.2, 0.25) is 0 Å². The first kappa shape index (κ1) is 14.7. The molecule has 110 valence electrons. The lowest BCUT2D eigenvalue weighted by atomic mass is 9.98. The number of hydrogen-bond donors (Lipinski definition) is 2. The fourth-order valence-electron chi connectivity index (χ4n) is 2.32. The van der Waals surface area contributed by atoms with Gasteiger partial charge >= 0.3 is 0 Å². The molecule has 1 saturated carbocycles. The molecular formula is C14H21N3O3. The van der Waals surface area contributed by atoms with E-state index in [4.69, 9.17) is 4.74 Å². The second-order valence-electron chi connectivity index (χ2n) is 5.05. The first-order valence-corrected chi connectivity index (χ1v) is 7.21. The van der Waals surface area contributed by atoms with E-state index in [1.807, 2.05) is 0 Å². The van der Waals surface area contributed by atoms with Crippen molar-refractivity contribution < 1.29 is 9.53 Å². The van der Waals surface area contributed by atoms with Gasteiger partial charge in [-0.15, -0.1) is 0 Å². The molecule has 0 unspecified atom stereocenters. The van der Waals surface area contributed by atoms with E-state index in [0.717, 1.165) is 19.3 Å². The monoisotopic (exact) mass is 279 g/mol. The number of amides is 1. The summed E-state index contributed by atoms with van der Waals surface area (Å²) in [6.45, 7) is 1.22. The minimum absolute atomic E-state index is 0.220. The number of carbonyl (C=O) groups is 1. The lowest BCUT2D eigenvalue weighted by molar-refractivity contribution is 0.0273. The van der Waals surface area contributed by atoms with E-state index in [2.05, 4.69) is 15.5 Å². The van der Waals surface area contributed by atoms with Crippen molar-refractivity contribution in [2.75, 3.05) is 13.2 Å². The molecule has 0 radical (unpaired) electrons. The maximum absolute atomic E-state index is 11.7. The Morgan fingerprint density at radius 3 is 2.85 bits per heavy atom. The second kappa shape index (κ2) is 7.79. The highest BCUT2D eigenvalue weighted by atomic mass is 16.5. The molecule has 2 N–H and O–H groups in total. The molecule has 20 heavy (non-hydrogen) atoms. The molecular weight excluding hydrogens is 258 g/mol. The number of aromatic amines is 1. The van der Waals surface area contributed by atoms with Crippen LogP contribution in [-0.4, -0.2) is 35.4 Å². The molecule has 0 spiro atoms. The van der Waals surface area contributed by atoms with Crippen LogP contribution in [0.5, 0.6) is 0 Å². The average Bonchev–Trinajstić information content (AvgIpc) is 2.48. The van der Waals surface area contributed by atoms with Crippen molar-refractivity contribution in [2.24, 2.45) is 0 Å². The highest BCUT2D eigenvalue weighted by Crippen LogP contribution is 2.20. The van der Waals surface area contributed by atoms with E-state index in [9.17, 15) is 9.59 Å². The summed E-state index contributed by atoms with van der Waals surface area (Å²) in [6, 6.07) is 2.70. The van der Waals surface area contributed by atoms with Crippen LogP contribution in [0.25, 0.3) is 0 Å². The molecule has 0 atom stereocenters. The van der Waals surface area contributed by atoms with E-state index in [-0.39, 0.29) is 17.2 Å². The van der Waals surface area contributed by atoms with Crippen molar-refractivity contribution in [1.82, 2.24) is 15.5 Å². The SMILES string of the molecule is O=C(NCCCOC1CCCCC1)c1ccc(=O)[nH]n1. The molecule has 0 aliphatic heterocycles. The summed E-state index contributed by atoms with van der Waals surface area (Å²) in [5, 5.41) is 8.66. The van der Waals surface area contributed by atoms with Gasteiger partial charge in [-0.2, -0.15) is 5.10 Å². The molecule has 0 bridgehead atoms.